The molecule has 0 saturated heterocycles. The standard InChI is InChI=1S/C8H11NO2S/c1-5(2)6-4-9-7(12-6)3-8(10)11/h4-5H,3H2,1-2H3,(H,10,11). The molecule has 1 rings (SSSR count). The zero-order chi connectivity index (χ0) is 9.14. The van der Waals surface area contributed by atoms with Gasteiger partial charge in [0.05, 0.1) is 6.42 Å². The minimum absolute atomic E-state index is 0.0391. The van der Waals surface area contributed by atoms with Crippen LogP contribution in [0.2, 0.25) is 0 Å². The van der Waals surface area contributed by atoms with Crippen LogP contribution in [-0.4, -0.2) is 16.1 Å². The molecule has 0 aliphatic carbocycles. The molecule has 4 heteroatoms. The molecule has 0 atom stereocenters. The van der Waals surface area contributed by atoms with Crippen LogP contribution in [0.1, 0.15) is 29.7 Å². The zero-order valence-corrected chi connectivity index (χ0v) is 7.89. The van der Waals surface area contributed by atoms with E-state index in [1.54, 1.807) is 6.20 Å². The second-order valence-electron chi connectivity index (χ2n) is 2.88. The minimum atomic E-state index is -0.820. The predicted octanol–water partition coefficient (Wildman–Crippen LogP) is 1.89. The Morgan fingerprint density at radius 2 is 2.42 bits per heavy atom. The van der Waals surface area contributed by atoms with E-state index in [2.05, 4.69) is 18.8 Å². The number of thiazole rings is 1. The van der Waals surface area contributed by atoms with Gasteiger partial charge in [-0.2, -0.15) is 0 Å². The Balaban J connectivity index is 2.70. The van der Waals surface area contributed by atoms with E-state index in [4.69, 9.17) is 5.11 Å². The molecule has 0 spiro atoms. The lowest BCUT2D eigenvalue weighted by molar-refractivity contribution is -0.136. The number of hydrogen-bond acceptors (Lipinski definition) is 3. The number of nitrogens with zero attached hydrogens (tertiary/aromatic N) is 1. The number of rotatable bonds is 3. The molecule has 1 N–H and O–H groups in total. The molecule has 1 heterocycles. The third kappa shape index (κ3) is 2.30. The lowest BCUT2D eigenvalue weighted by Gasteiger charge is -1.95. The highest BCUT2D eigenvalue weighted by Gasteiger charge is 2.07. The highest BCUT2D eigenvalue weighted by molar-refractivity contribution is 7.11. The lowest BCUT2D eigenvalue weighted by Crippen LogP contribution is -1.98. The van der Waals surface area contributed by atoms with Crippen LogP contribution in [0.5, 0.6) is 0 Å². The van der Waals surface area contributed by atoms with Crippen molar-refractivity contribution >= 4 is 17.3 Å². The Hall–Kier alpha value is -0.900. The molecule has 0 aliphatic rings. The van der Waals surface area contributed by atoms with Crippen LogP contribution in [0, 0.1) is 0 Å². The largest absolute Gasteiger partial charge is 0.481 e. The third-order valence-corrected chi connectivity index (χ3v) is 2.74. The van der Waals surface area contributed by atoms with Crippen molar-refractivity contribution < 1.29 is 9.90 Å². The Morgan fingerprint density at radius 1 is 1.75 bits per heavy atom. The van der Waals surface area contributed by atoms with Gasteiger partial charge >= 0.3 is 5.97 Å². The summed E-state index contributed by atoms with van der Waals surface area (Å²) in [6.07, 6.45) is 1.80. The summed E-state index contributed by atoms with van der Waals surface area (Å²) in [5.74, 6) is -0.385. The molecule has 0 aromatic carbocycles. The van der Waals surface area contributed by atoms with E-state index in [1.165, 1.54) is 11.3 Å². The first-order chi connectivity index (χ1) is 5.59. The van der Waals surface area contributed by atoms with E-state index in [1.807, 2.05) is 0 Å². The fourth-order valence-corrected chi connectivity index (χ4v) is 1.72. The predicted molar refractivity (Wildman–Crippen MR) is 47.5 cm³/mol. The maximum atomic E-state index is 10.3. The molecule has 1 aromatic heterocycles. The van der Waals surface area contributed by atoms with Crippen LogP contribution in [0.4, 0.5) is 0 Å². The van der Waals surface area contributed by atoms with E-state index < -0.39 is 5.97 Å². The first-order valence-corrected chi connectivity index (χ1v) is 4.57. The van der Waals surface area contributed by atoms with Gasteiger partial charge in [-0.05, 0) is 5.92 Å². The van der Waals surface area contributed by atoms with Crippen molar-refractivity contribution in [3.05, 3.63) is 16.1 Å². The van der Waals surface area contributed by atoms with Crippen molar-refractivity contribution in [2.24, 2.45) is 0 Å². The van der Waals surface area contributed by atoms with Gasteiger partial charge < -0.3 is 5.11 Å². The van der Waals surface area contributed by atoms with Gasteiger partial charge in [0, 0.05) is 11.1 Å². The summed E-state index contributed by atoms with van der Waals surface area (Å²) in [5.41, 5.74) is 0. The number of carboxylic acids is 1. The summed E-state index contributed by atoms with van der Waals surface area (Å²) < 4.78 is 0. The Morgan fingerprint density at radius 3 is 2.83 bits per heavy atom. The summed E-state index contributed by atoms with van der Waals surface area (Å²) >= 11 is 1.48. The molecule has 3 nitrogen and oxygen atoms in total. The van der Waals surface area contributed by atoms with Crippen LogP contribution in [0.15, 0.2) is 6.20 Å². The van der Waals surface area contributed by atoms with E-state index in [0.29, 0.717) is 10.9 Å². The average Bonchev–Trinajstić information content (AvgIpc) is 2.34. The van der Waals surface area contributed by atoms with E-state index in [9.17, 15) is 4.79 Å². The highest BCUT2D eigenvalue weighted by atomic mass is 32.1. The molecule has 66 valence electrons. The smallest absolute Gasteiger partial charge is 0.310 e. The number of carbonyl (C=O) groups is 1. The quantitative estimate of drug-likeness (QED) is 0.782. The fraction of sp³-hybridized carbons (Fsp3) is 0.500. The maximum absolute atomic E-state index is 10.3. The molecule has 0 fully saturated rings. The van der Waals surface area contributed by atoms with Gasteiger partial charge in [-0.25, -0.2) is 4.98 Å². The first kappa shape index (κ1) is 9.19. The van der Waals surface area contributed by atoms with Gasteiger partial charge in [-0.15, -0.1) is 11.3 Å². The van der Waals surface area contributed by atoms with Crippen molar-refractivity contribution in [2.45, 2.75) is 26.2 Å². The highest BCUT2D eigenvalue weighted by Crippen LogP contribution is 2.21. The van der Waals surface area contributed by atoms with Gasteiger partial charge in [0.2, 0.25) is 0 Å². The van der Waals surface area contributed by atoms with Gasteiger partial charge in [0.25, 0.3) is 0 Å². The molecule has 0 unspecified atom stereocenters. The molecule has 0 saturated carbocycles. The van der Waals surface area contributed by atoms with Gasteiger partial charge in [0.1, 0.15) is 5.01 Å². The van der Waals surface area contributed by atoms with Crippen molar-refractivity contribution in [1.29, 1.82) is 0 Å². The van der Waals surface area contributed by atoms with Crippen molar-refractivity contribution in [3.63, 3.8) is 0 Å². The molecule has 0 radical (unpaired) electrons. The average molecular weight is 185 g/mol. The zero-order valence-electron chi connectivity index (χ0n) is 7.07. The van der Waals surface area contributed by atoms with E-state index in [0.717, 1.165) is 4.88 Å². The number of aromatic nitrogens is 1. The Labute approximate surface area is 75.1 Å². The molecule has 0 aliphatic heterocycles. The summed E-state index contributed by atoms with van der Waals surface area (Å²) in [7, 11) is 0. The SMILES string of the molecule is CC(C)c1cnc(CC(=O)O)s1. The van der Waals surface area contributed by atoms with Crippen LogP contribution in [0.3, 0.4) is 0 Å². The monoisotopic (exact) mass is 185 g/mol. The van der Waals surface area contributed by atoms with Gasteiger partial charge in [-0.3, -0.25) is 4.79 Å². The summed E-state index contributed by atoms with van der Waals surface area (Å²) in [4.78, 5) is 15.5. The second-order valence-corrected chi connectivity index (χ2v) is 4.03. The van der Waals surface area contributed by atoms with Gasteiger partial charge in [-0.1, -0.05) is 13.8 Å². The third-order valence-electron chi connectivity index (χ3n) is 1.44. The fourth-order valence-electron chi connectivity index (χ4n) is 0.802. The van der Waals surface area contributed by atoms with Crippen LogP contribution in [-0.2, 0) is 11.2 Å². The molecule has 1 aromatic rings. The van der Waals surface area contributed by atoms with Crippen molar-refractivity contribution in [1.82, 2.24) is 4.98 Å². The topological polar surface area (TPSA) is 50.2 Å². The van der Waals surface area contributed by atoms with E-state index >= 15 is 0 Å². The normalized spacial score (nSPS) is 10.6. The summed E-state index contributed by atoms with van der Waals surface area (Å²) in [6.45, 7) is 4.14. The first-order valence-electron chi connectivity index (χ1n) is 3.76. The molecule has 12 heavy (non-hydrogen) atoms. The molecule has 0 amide bonds. The number of hydrogen-bond donors (Lipinski definition) is 1. The summed E-state index contributed by atoms with van der Waals surface area (Å²) in [5, 5.41) is 9.17. The number of aliphatic carboxylic acids is 1. The van der Waals surface area contributed by atoms with Crippen LogP contribution >= 0.6 is 11.3 Å². The molecular weight excluding hydrogens is 174 g/mol. The van der Waals surface area contributed by atoms with Crippen molar-refractivity contribution in [3.8, 4) is 0 Å². The Kier molecular flexibility index (Phi) is 2.81. The molecule has 0 bridgehead atoms. The Bertz CT molecular complexity index is 280. The van der Waals surface area contributed by atoms with Crippen LogP contribution in [0.25, 0.3) is 0 Å². The van der Waals surface area contributed by atoms with Crippen LogP contribution < -0.4 is 0 Å². The molecular formula is C8H11NO2S. The maximum Gasteiger partial charge on any atom is 0.310 e. The number of carboxylic acid groups (broad SMARTS) is 1. The van der Waals surface area contributed by atoms with E-state index in [-0.39, 0.29) is 6.42 Å². The minimum Gasteiger partial charge on any atom is -0.481 e. The summed E-state index contributed by atoms with van der Waals surface area (Å²) in [6, 6.07) is 0. The lowest BCUT2D eigenvalue weighted by atomic mass is 10.2. The van der Waals surface area contributed by atoms with Gasteiger partial charge in [0.15, 0.2) is 0 Å². The second kappa shape index (κ2) is 3.67. The van der Waals surface area contributed by atoms with Crippen molar-refractivity contribution in [2.75, 3.05) is 0 Å².